The predicted octanol–water partition coefficient (Wildman–Crippen LogP) is 2.91. The molecule has 7 nitrogen and oxygen atoms in total. The summed E-state index contributed by atoms with van der Waals surface area (Å²) in [6.07, 6.45) is 10.5. The van der Waals surface area contributed by atoms with Crippen molar-refractivity contribution in [2.24, 2.45) is 5.73 Å². The van der Waals surface area contributed by atoms with Gasteiger partial charge in [-0.2, -0.15) is 0 Å². The summed E-state index contributed by atoms with van der Waals surface area (Å²) in [5.41, 5.74) is 11.5. The van der Waals surface area contributed by atoms with Crippen molar-refractivity contribution in [2.75, 3.05) is 0 Å². The SMILES string of the molecule is Cc1cc(-c2ncc(CN3C=C(c4cncnc4)SC3C(N)=O)cc2C)ccn1. The minimum Gasteiger partial charge on any atom is -0.367 e. The maximum absolute atomic E-state index is 12.0. The standard InChI is InChI=1S/C21H20N6OS/c1-13-5-15(7-26-19(13)16-3-4-25-14(2)6-16)10-27-11-18(29-21(27)20(22)28)17-8-23-12-24-9-17/h3-9,11-12,21H,10H2,1-2H3,(H2,22,28). The normalized spacial score (nSPS) is 16.0. The Kier molecular flexibility index (Phi) is 5.26. The quantitative estimate of drug-likeness (QED) is 0.698. The molecule has 1 aliphatic rings. The smallest absolute Gasteiger partial charge is 0.251 e. The Balaban J connectivity index is 1.59. The number of rotatable bonds is 5. The van der Waals surface area contributed by atoms with Gasteiger partial charge in [-0.3, -0.25) is 14.8 Å². The van der Waals surface area contributed by atoms with Gasteiger partial charge in [0.25, 0.3) is 5.91 Å². The van der Waals surface area contributed by atoms with Gasteiger partial charge in [0.2, 0.25) is 0 Å². The van der Waals surface area contributed by atoms with Gasteiger partial charge in [-0.1, -0.05) is 17.8 Å². The summed E-state index contributed by atoms with van der Waals surface area (Å²) < 4.78 is 0. The lowest BCUT2D eigenvalue weighted by molar-refractivity contribution is -0.119. The Morgan fingerprint density at radius 2 is 1.93 bits per heavy atom. The van der Waals surface area contributed by atoms with Crippen molar-refractivity contribution in [1.29, 1.82) is 0 Å². The third-order valence-electron chi connectivity index (χ3n) is 4.58. The average molecular weight is 404 g/mol. The Morgan fingerprint density at radius 1 is 1.14 bits per heavy atom. The van der Waals surface area contributed by atoms with Crippen molar-refractivity contribution >= 4 is 22.6 Å². The number of hydrogen-bond donors (Lipinski definition) is 1. The highest BCUT2D eigenvalue weighted by molar-refractivity contribution is 8.09. The molecule has 0 bridgehead atoms. The van der Waals surface area contributed by atoms with Gasteiger partial charge in [0.1, 0.15) is 6.33 Å². The molecule has 0 fully saturated rings. The minimum atomic E-state index is -0.479. The fourth-order valence-corrected chi connectivity index (χ4v) is 4.35. The molecule has 3 aromatic rings. The van der Waals surface area contributed by atoms with E-state index in [1.165, 1.54) is 18.1 Å². The first-order chi connectivity index (χ1) is 14.0. The highest BCUT2D eigenvalue weighted by atomic mass is 32.2. The molecule has 0 aromatic carbocycles. The minimum absolute atomic E-state index is 0.383. The largest absolute Gasteiger partial charge is 0.367 e. The summed E-state index contributed by atoms with van der Waals surface area (Å²) >= 11 is 1.41. The average Bonchev–Trinajstić information content (AvgIpc) is 3.13. The molecule has 0 saturated heterocycles. The molecular weight excluding hydrogens is 384 g/mol. The van der Waals surface area contributed by atoms with Crippen LogP contribution in [-0.2, 0) is 11.3 Å². The van der Waals surface area contributed by atoms with Crippen molar-refractivity contribution < 1.29 is 4.79 Å². The maximum atomic E-state index is 12.0. The van der Waals surface area contributed by atoms with E-state index in [0.717, 1.165) is 38.5 Å². The van der Waals surface area contributed by atoms with Crippen LogP contribution in [0.2, 0.25) is 0 Å². The summed E-state index contributed by atoms with van der Waals surface area (Å²) in [4.78, 5) is 31.8. The second kappa shape index (κ2) is 8.00. The first-order valence-corrected chi connectivity index (χ1v) is 9.96. The van der Waals surface area contributed by atoms with E-state index >= 15 is 0 Å². The molecule has 4 heterocycles. The summed E-state index contributed by atoms with van der Waals surface area (Å²) in [5.74, 6) is -0.383. The summed E-state index contributed by atoms with van der Waals surface area (Å²) in [6.45, 7) is 4.53. The van der Waals surface area contributed by atoms with Crippen LogP contribution in [0.25, 0.3) is 16.2 Å². The van der Waals surface area contributed by atoms with Crippen molar-refractivity contribution in [3.63, 3.8) is 0 Å². The van der Waals surface area contributed by atoms with Crippen LogP contribution < -0.4 is 5.73 Å². The van der Waals surface area contributed by atoms with Gasteiger partial charge in [0.05, 0.1) is 5.69 Å². The number of carbonyl (C=O) groups excluding carboxylic acids is 1. The highest BCUT2D eigenvalue weighted by Crippen LogP contribution is 2.39. The molecule has 1 aliphatic heterocycles. The molecule has 0 aliphatic carbocycles. The van der Waals surface area contributed by atoms with Crippen molar-refractivity contribution in [1.82, 2.24) is 24.8 Å². The third kappa shape index (κ3) is 4.12. The van der Waals surface area contributed by atoms with E-state index in [1.54, 1.807) is 18.6 Å². The second-order valence-corrected chi connectivity index (χ2v) is 7.98. The van der Waals surface area contributed by atoms with Gasteiger partial charge < -0.3 is 10.6 Å². The van der Waals surface area contributed by atoms with Crippen molar-refractivity contribution in [3.8, 4) is 11.3 Å². The summed E-state index contributed by atoms with van der Waals surface area (Å²) in [5, 5.41) is -0.479. The number of aromatic nitrogens is 4. The van der Waals surface area contributed by atoms with Crippen LogP contribution in [0.3, 0.4) is 0 Å². The molecule has 1 amide bonds. The molecule has 0 radical (unpaired) electrons. The molecule has 3 aromatic heterocycles. The molecule has 8 heteroatoms. The van der Waals surface area contributed by atoms with Crippen LogP contribution >= 0.6 is 11.8 Å². The van der Waals surface area contributed by atoms with E-state index in [2.05, 4.69) is 26.0 Å². The number of hydrogen-bond acceptors (Lipinski definition) is 7. The highest BCUT2D eigenvalue weighted by Gasteiger charge is 2.31. The zero-order valence-corrected chi connectivity index (χ0v) is 16.9. The van der Waals surface area contributed by atoms with Crippen LogP contribution in [0.5, 0.6) is 0 Å². The van der Waals surface area contributed by atoms with Gasteiger partial charge in [-0.25, -0.2) is 9.97 Å². The van der Waals surface area contributed by atoms with Crippen molar-refractivity contribution in [2.45, 2.75) is 25.8 Å². The molecule has 4 rings (SSSR count). The third-order valence-corrected chi connectivity index (χ3v) is 5.90. The van der Waals surface area contributed by atoms with Crippen molar-refractivity contribution in [3.05, 3.63) is 77.9 Å². The van der Waals surface area contributed by atoms with E-state index < -0.39 is 5.37 Å². The van der Waals surface area contributed by atoms with E-state index in [1.807, 2.05) is 43.3 Å². The van der Waals surface area contributed by atoms with Crippen LogP contribution in [0.4, 0.5) is 0 Å². The molecule has 1 unspecified atom stereocenters. The van der Waals surface area contributed by atoms with E-state index in [0.29, 0.717) is 6.54 Å². The summed E-state index contributed by atoms with van der Waals surface area (Å²) in [7, 11) is 0. The van der Waals surface area contributed by atoms with Crippen LogP contribution in [0.1, 0.15) is 22.4 Å². The second-order valence-electron chi connectivity index (χ2n) is 6.86. The van der Waals surface area contributed by atoms with Gasteiger partial charge in [-0.05, 0) is 37.1 Å². The lowest BCUT2D eigenvalue weighted by atomic mass is 10.1. The number of pyridine rings is 2. The monoisotopic (exact) mass is 404 g/mol. The van der Waals surface area contributed by atoms with Crippen LogP contribution in [-0.4, -0.2) is 36.1 Å². The predicted molar refractivity (Wildman–Crippen MR) is 113 cm³/mol. The zero-order valence-electron chi connectivity index (χ0n) is 16.1. The first-order valence-electron chi connectivity index (χ1n) is 9.09. The topological polar surface area (TPSA) is 97.9 Å². The number of amides is 1. The van der Waals surface area contributed by atoms with E-state index in [-0.39, 0.29) is 5.91 Å². The number of thioether (sulfide) groups is 1. The maximum Gasteiger partial charge on any atom is 0.251 e. The Labute approximate surface area is 173 Å². The lowest BCUT2D eigenvalue weighted by Crippen LogP contribution is -2.36. The molecule has 0 saturated carbocycles. The molecule has 0 spiro atoms. The fourth-order valence-electron chi connectivity index (χ4n) is 3.28. The zero-order chi connectivity index (χ0) is 20.4. The van der Waals surface area contributed by atoms with Crippen LogP contribution in [0.15, 0.2) is 55.5 Å². The number of nitrogens with zero attached hydrogens (tertiary/aromatic N) is 5. The van der Waals surface area contributed by atoms with Gasteiger partial charge in [0, 0.05) is 59.3 Å². The number of primary amides is 1. The molecular formula is C21H20N6OS. The van der Waals surface area contributed by atoms with Gasteiger partial charge in [0.15, 0.2) is 5.37 Å². The lowest BCUT2D eigenvalue weighted by Gasteiger charge is -2.22. The molecule has 1 atom stereocenters. The molecule has 146 valence electrons. The van der Waals surface area contributed by atoms with Gasteiger partial charge >= 0.3 is 0 Å². The molecule has 2 N–H and O–H groups in total. The number of aryl methyl sites for hydroxylation is 2. The number of carbonyl (C=O) groups is 1. The van der Waals surface area contributed by atoms with Gasteiger partial charge in [-0.15, -0.1) is 0 Å². The first kappa shape index (κ1) is 19.1. The Bertz CT molecular complexity index is 1090. The Morgan fingerprint density at radius 3 is 2.62 bits per heavy atom. The summed E-state index contributed by atoms with van der Waals surface area (Å²) in [6, 6.07) is 6.07. The Hall–Kier alpha value is -3.26. The van der Waals surface area contributed by atoms with Crippen LogP contribution in [0, 0.1) is 13.8 Å². The van der Waals surface area contributed by atoms with E-state index in [9.17, 15) is 4.79 Å². The fraction of sp³-hybridized carbons (Fsp3) is 0.190. The molecule has 29 heavy (non-hydrogen) atoms. The number of nitrogens with two attached hydrogens (primary N) is 1. The van der Waals surface area contributed by atoms with E-state index in [4.69, 9.17) is 5.73 Å².